The summed E-state index contributed by atoms with van der Waals surface area (Å²) in [5, 5.41) is 6.03. The number of carbonyl (C=O) groups excluding carboxylic acids is 2. The molecule has 0 aromatic carbocycles. The average Bonchev–Trinajstić information content (AvgIpc) is 3.11. The van der Waals surface area contributed by atoms with Crippen molar-refractivity contribution in [2.24, 2.45) is 11.8 Å². The highest BCUT2D eigenvalue weighted by atomic mass is 32.1. The number of thiazole rings is 1. The highest BCUT2D eigenvalue weighted by Gasteiger charge is 2.55. The van der Waals surface area contributed by atoms with Gasteiger partial charge in [0.1, 0.15) is 16.1 Å². The van der Waals surface area contributed by atoms with Crippen molar-refractivity contribution in [1.29, 1.82) is 0 Å². The molecule has 0 radical (unpaired) electrons. The van der Waals surface area contributed by atoms with Crippen LogP contribution in [0.25, 0.3) is 0 Å². The molecule has 1 unspecified atom stereocenters. The SMILES string of the molecule is COC(=O)[C@@]1(CC(C)C)CC(C(=O)OC(C)(C)C)[C@@H](c2nccs2)N1. The van der Waals surface area contributed by atoms with Crippen LogP contribution in [0.1, 0.15) is 58.5 Å². The third kappa shape index (κ3) is 4.58. The number of hydrogen-bond donors (Lipinski definition) is 1. The average molecular weight is 368 g/mol. The molecule has 0 bridgehead atoms. The van der Waals surface area contributed by atoms with Gasteiger partial charge in [0.05, 0.1) is 19.1 Å². The highest BCUT2D eigenvalue weighted by molar-refractivity contribution is 7.09. The second-order valence-corrected chi connectivity index (χ2v) is 8.93. The van der Waals surface area contributed by atoms with Crippen molar-refractivity contribution in [3.8, 4) is 0 Å². The van der Waals surface area contributed by atoms with Crippen LogP contribution in [0.5, 0.6) is 0 Å². The summed E-state index contributed by atoms with van der Waals surface area (Å²) in [6.45, 7) is 9.62. The lowest BCUT2D eigenvalue weighted by molar-refractivity contribution is -0.160. The summed E-state index contributed by atoms with van der Waals surface area (Å²) >= 11 is 1.46. The smallest absolute Gasteiger partial charge is 0.326 e. The molecule has 140 valence electrons. The molecule has 7 heteroatoms. The lowest BCUT2D eigenvalue weighted by Crippen LogP contribution is -2.49. The van der Waals surface area contributed by atoms with E-state index < -0.39 is 17.1 Å². The van der Waals surface area contributed by atoms with Gasteiger partial charge in [0.15, 0.2) is 0 Å². The third-order valence-electron chi connectivity index (χ3n) is 4.16. The fourth-order valence-electron chi connectivity index (χ4n) is 3.43. The van der Waals surface area contributed by atoms with Crippen molar-refractivity contribution >= 4 is 23.3 Å². The van der Waals surface area contributed by atoms with Crippen molar-refractivity contribution in [2.45, 2.75) is 64.6 Å². The molecule has 2 rings (SSSR count). The Kier molecular flexibility index (Phi) is 5.89. The molecule has 1 aliphatic heterocycles. The van der Waals surface area contributed by atoms with E-state index in [-0.39, 0.29) is 23.9 Å². The van der Waals surface area contributed by atoms with Gasteiger partial charge in [0.2, 0.25) is 0 Å². The number of carbonyl (C=O) groups is 2. The second kappa shape index (κ2) is 7.41. The number of hydrogen-bond acceptors (Lipinski definition) is 7. The van der Waals surface area contributed by atoms with E-state index in [0.717, 1.165) is 5.01 Å². The quantitative estimate of drug-likeness (QED) is 0.805. The van der Waals surface area contributed by atoms with Gasteiger partial charge in [0, 0.05) is 11.6 Å². The predicted octanol–water partition coefficient (Wildman–Crippen LogP) is 3.09. The lowest BCUT2D eigenvalue weighted by atomic mass is 9.84. The van der Waals surface area contributed by atoms with E-state index in [4.69, 9.17) is 9.47 Å². The van der Waals surface area contributed by atoms with Gasteiger partial charge in [-0.3, -0.25) is 14.9 Å². The first-order valence-electron chi connectivity index (χ1n) is 8.56. The first kappa shape index (κ1) is 19.8. The molecule has 3 atom stereocenters. The molecule has 1 aliphatic rings. The normalized spacial score (nSPS) is 26.7. The van der Waals surface area contributed by atoms with Gasteiger partial charge in [0.25, 0.3) is 0 Å². The van der Waals surface area contributed by atoms with Crippen molar-refractivity contribution in [2.75, 3.05) is 7.11 Å². The number of ether oxygens (including phenoxy) is 2. The zero-order valence-corrected chi connectivity index (χ0v) is 16.6. The highest BCUT2D eigenvalue weighted by Crippen LogP contribution is 2.43. The molecule has 0 spiro atoms. The lowest BCUT2D eigenvalue weighted by Gasteiger charge is -2.29. The Hall–Kier alpha value is -1.47. The Bertz CT molecular complexity index is 609. The van der Waals surface area contributed by atoms with Crippen molar-refractivity contribution in [1.82, 2.24) is 10.3 Å². The van der Waals surface area contributed by atoms with Gasteiger partial charge >= 0.3 is 11.9 Å². The van der Waals surface area contributed by atoms with Crippen LogP contribution < -0.4 is 5.32 Å². The van der Waals surface area contributed by atoms with E-state index in [9.17, 15) is 9.59 Å². The van der Waals surface area contributed by atoms with E-state index in [1.807, 2.05) is 40.0 Å². The molecule has 0 saturated carbocycles. The molecule has 1 aromatic rings. The van der Waals surface area contributed by atoms with Crippen LogP contribution in [0.15, 0.2) is 11.6 Å². The van der Waals surface area contributed by atoms with Gasteiger partial charge in [-0.1, -0.05) is 13.8 Å². The number of methoxy groups -OCH3 is 1. The third-order valence-corrected chi connectivity index (χ3v) is 5.02. The summed E-state index contributed by atoms with van der Waals surface area (Å²) in [6.07, 6.45) is 2.63. The molecule has 0 amide bonds. The Balaban J connectivity index is 2.38. The number of esters is 2. The predicted molar refractivity (Wildman–Crippen MR) is 96.1 cm³/mol. The minimum Gasteiger partial charge on any atom is -0.468 e. The number of rotatable bonds is 5. The number of aromatic nitrogens is 1. The molecule has 1 aromatic heterocycles. The van der Waals surface area contributed by atoms with Crippen LogP contribution in [-0.2, 0) is 19.1 Å². The Morgan fingerprint density at radius 1 is 1.44 bits per heavy atom. The molecule has 1 fully saturated rings. The summed E-state index contributed by atoms with van der Waals surface area (Å²) in [5.41, 5.74) is -1.49. The summed E-state index contributed by atoms with van der Waals surface area (Å²) in [4.78, 5) is 29.8. The van der Waals surface area contributed by atoms with Gasteiger partial charge < -0.3 is 9.47 Å². The molecular weight excluding hydrogens is 340 g/mol. The topological polar surface area (TPSA) is 77.5 Å². The number of nitrogens with zero attached hydrogens (tertiary/aromatic N) is 1. The fraction of sp³-hybridized carbons (Fsp3) is 0.722. The Labute approximate surface area is 153 Å². The zero-order valence-electron chi connectivity index (χ0n) is 15.8. The maximum absolute atomic E-state index is 12.8. The largest absolute Gasteiger partial charge is 0.468 e. The molecule has 0 aliphatic carbocycles. The van der Waals surface area contributed by atoms with Crippen LogP contribution in [0.2, 0.25) is 0 Å². The van der Waals surface area contributed by atoms with E-state index in [1.165, 1.54) is 18.4 Å². The van der Waals surface area contributed by atoms with Crippen molar-refractivity contribution < 1.29 is 19.1 Å². The Morgan fingerprint density at radius 2 is 2.12 bits per heavy atom. The zero-order chi connectivity index (χ0) is 18.8. The van der Waals surface area contributed by atoms with Gasteiger partial charge in [-0.05, 0) is 39.5 Å². The van der Waals surface area contributed by atoms with Crippen LogP contribution in [0.3, 0.4) is 0 Å². The van der Waals surface area contributed by atoms with Gasteiger partial charge in [-0.25, -0.2) is 4.98 Å². The summed E-state index contributed by atoms with van der Waals surface area (Å²) in [7, 11) is 1.38. The minimum absolute atomic E-state index is 0.265. The Morgan fingerprint density at radius 3 is 2.60 bits per heavy atom. The van der Waals surface area contributed by atoms with E-state index >= 15 is 0 Å². The molecule has 6 nitrogen and oxygen atoms in total. The van der Waals surface area contributed by atoms with E-state index in [2.05, 4.69) is 10.3 Å². The van der Waals surface area contributed by atoms with Crippen LogP contribution in [0, 0.1) is 11.8 Å². The fourth-order valence-corrected chi connectivity index (χ4v) is 4.18. The summed E-state index contributed by atoms with van der Waals surface area (Å²) < 4.78 is 10.7. The first-order valence-corrected chi connectivity index (χ1v) is 9.44. The maximum atomic E-state index is 12.8. The standard InChI is InChI=1S/C18H28N2O4S/c1-11(2)9-18(16(22)23-6)10-12(15(21)24-17(3,4)5)13(20-18)14-19-7-8-25-14/h7-8,11-13,20H,9-10H2,1-6H3/t12?,13-,18+/m0/s1. The molecule has 1 N–H and O–H groups in total. The van der Waals surface area contributed by atoms with Gasteiger partial charge in [-0.2, -0.15) is 0 Å². The monoisotopic (exact) mass is 368 g/mol. The van der Waals surface area contributed by atoms with Crippen molar-refractivity contribution in [3.63, 3.8) is 0 Å². The molecule has 1 saturated heterocycles. The number of nitrogens with one attached hydrogen (secondary N) is 1. The van der Waals surface area contributed by atoms with E-state index in [0.29, 0.717) is 12.8 Å². The van der Waals surface area contributed by atoms with Gasteiger partial charge in [-0.15, -0.1) is 11.3 Å². The summed E-state index contributed by atoms with van der Waals surface area (Å²) in [6, 6.07) is -0.354. The van der Waals surface area contributed by atoms with E-state index in [1.54, 1.807) is 6.20 Å². The second-order valence-electron chi connectivity index (χ2n) is 8.01. The first-order chi connectivity index (χ1) is 11.6. The summed E-state index contributed by atoms with van der Waals surface area (Å²) in [5.74, 6) is -0.868. The van der Waals surface area contributed by atoms with Crippen LogP contribution in [0.4, 0.5) is 0 Å². The van der Waals surface area contributed by atoms with Crippen LogP contribution >= 0.6 is 11.3 Å². The minimum atomic E-state index is -0.902. The molecule has 2 heterocycles. The van der Waals surface area contributed by atoms with Crippen LogP contribution in [-0.4, -0.2) is 35.2 Å². The van der Waals surface area contributed by atoms with Crippen molar-refractivity contribution in [3.05, 3.63) is 16.6 Å². The maximum Gasteiger partial charge on any atom is 0.326 e. The molecule has 25 heavy (non-hydrogen) atoms. The molecular formula is C18H28N2O4S.